The lowest BCUT2D eigenvalue weighted by atomic mass is 10.1. The van der Waals surface area contributed by atoms with Gasteiger partial charge in [0.15, 0.2) is 0 Å². The Balaban J connectivity index is 2.58. The molecule has 0 fully saturated rings. The highest BCUT2D eigenvalue weighted by molar-refractivity contribution is 5.66. The summed E-state index contributed by atoms with van der Waals surface area (Å²) < 4.78 is 26.0. The number of carboxylic acid groups (broad SMARTS) is 1. The monoisotopic (exact) mass is 229 g/mol. The standard InChI is InChI=1S/C11H13F2NO2/c1-7(2-5-11(15)16)14-10-6-8(12)3-4-9(10)13/h3-4,6-7,14H,2,5H2,1H3,(H,15,16). The maximum atomic E-state index is 13.2. The van der Waals surface area contributed by atoms with E-state index in [0.29, 0.717) is 6.42 Å². The Labute approximate surface area is 92.1 Å². The molecule has 0 aromatic heterocycles. The second kappa shape index (κ2) is 5.44. The Morgan fingerprint density at radius 2 is 2.19 bits per heavy atom. The fourth-order valence-corrected chi connectivity index (χ4v) is 1.29. The third kappa shape index (κ3) is 3.84. The molecule has 16 heavy (non-hydrogen) atoms. The zero-order valence-electron chi connectivity index (χ0n) is 8.84. The number of carboxylic acids is 1. The van der Waals surface area contributed by atoms with Crippen molar-refractivity contribution >= 4 is 11.7 Å². The molecule has 0 aliphatic rings. The summed E-state index contributed by atoms with van der Waals surface area (Å²) in [6.45, 7) is 1.72. The molecule has 5 heteroatoms. The Kier molecular flexibility index (Phi) is 4.22. The largest absolute Gasteiger partial charge is 0.481 e. The maximum Gasteiger partial charge on any atom is 0.303 e. The van der Waals surface area contributed by atoms with E-state index in [1.54, 1.807) is 6.92 Å². The molecule has 0 bridgehead atoms. The molecular formula is C11H13F2NO2. The molecular weight excluding hydrogens is 216 g/mol. The average molecular weight is 229 g/mol. The van der Waals surface area contributed by atoms with Crippen molar-refractivity contribution in [3.8, 4) is 0 Å². The van der Waals surface area contributed by atoms with E-state index < -0.39 is 17.6 Å². The van der Waals surface area contributed by atoms with Crippen molar-refractivity contribution in [2.75, 3.05) is 5.32 Å². The zero-order valence-corrected chi connectivity index (χ0v) is 8.84. The van der Waals surface area contributed by atoms with Crippen LogP contribution in [0.25, 0.3) is 0 Å². The molecule has 3 nitrogen and oxygen atoms in total. The van der Waals surface area contributed by atoms with Gasteiger partial charge < -0.3 is 10.4 Å². The van der Waals surface area contributed by atoms with E-state index in [4.69, 9.17) is 5.11 Å². The van der Waals surface area contributed by atoms with Crippen molar-refractivity contribution in [2.24, 2.45) is 0 Å². The number of hydrogen-bond donors (Lipinski definition) is 2. The van der Waals surface area contributed by atoms with Crippen molar-refractivity contribution in [3.63, 3.8) is 0 Å². The van der Waals surface area contributed by atoms with Crippen LogP contribution in [0.5, 0.6) is 0 Å². The highest BCUT2D eigenvalue weighted by Gasteiger charge is 2.09. The van der Waals surface area contributed by atoms with E-state index in [-0.39, 0.29) is 18.2 Å². The molecule has 2 N–H and O–H groups in total. The van der Waals surface area contributed by atoms with E-state index in [1.165, 1.54) is 0 Å². The maximum absolute atomic E-state index is 13.2. The molecule has 0 spiro atoms. The van der Waals surface area contributed by atoms with Crippen LogP contribution in [-0.4, -0.2) is 17.1 Å². The lowest BCUT2D eigenvalue weighted by molar-refractivity contribution is -0.137. The van der Waals surface area contributed by atoms with Crippen LogP contribution in [0.1, 0.15) is 19.8 Å². The minimum Gasteiger partial charge on any atom is -0.481 e. The van der Waals surface area contributed by atoms with Gasteiger partial charge in [0.05, 0.1) is 5.69 Å². The van der Waals surface area contributed by atoms with Crippen molar-refractivity contribution in [1.82, 2.24) is 0 Å². The average Bonchev–Trinajstić information content (AvgIpc) is 2.20. The summed E-state index contributed by atoms with van der Waals surface area (Å²) in [6, 6.07) is 2.88. The third-order valence-electron chi connectivity index (χ3n) is 2.12. The molecule has 0 saturated carbocycles. The summed E-state index contributed by atoms with van der Waals surface area (Å²) in [5.41, 5.74) is 0.0536. The molecule has 1 aromatic rings. The molecule has 0 amide bonds. The molecule has 1 aromatic carbocycles. The van der Waals surface area contributed by atoms with Gasteiger partial charge in [0.2, 0.25) is 0 Å². The van der Waals surface area contributed by atoms with Crippen LogP contribution in [0, 0.1) is 11.6 Å². The molecule has 0 heterocycles. The van der Waals surface area contributed by atoms with Gasteiger partial charge in [-0.05, 0) is 31.5 Å². The van der Waals surface area contributed by atoms with E-state index in [1.807, 2.05) is 0 Å². The van der Waals surface area contributed by atoms with Crippen LogP contribution in [0.3, 0.4) is 0 Å². The van der Waals surface area contributed by atoms with Gasteiger partial charge in [0.1, 0.15) is 11.6 Å². The van der Waals surface area contributed by atoms with E-state index in [2.05, 4.69) is 5.32 Å². The molecule has 1 unspecified atom stereocenters. The summed E-state index contributed by atoms with van der Waals surface area (Å²) in [4.78, 5) is 10.3. The van der Waals surface area contributed by atoms with Crippen molar-refractivity contribution in [3.05, 3.63) is 29.8 Å². The second-order valence-corrected chi connectivity index (χ2v) is 3.60. The van der Waals surface area contributed by atoms with E-state index >= 15 is 0 Å². The fourth-order valence-electron chi connectivity index (χ4n) is 1.29. The molecule has 0 aliphatic heterocycles. The summed E-state index contributed by atoms with van der Waals surface area (Å²) >= 11 is 0. The molecule has 1 atom stereocenters. The first kappa shape index (κ1) is 12.4. The highest BCUT2D eigenvalue weighted by Crippen LogP contribution is 2.17. The van der Waals surface area contributed by atoms with E-state index in [0.717, 1.165) is 18.2 Å². The van der Waals surface area contributed by atoms with Gasteiger partial charge in [-0.1, -0.05) is 0 Å². The number of nitrogens with one attached hydrogen (secondary N) is 1. The summed E-state index contributed by atoms with van der Waals surface area (Å²) in [5.74, 6) is -1.99. The number of rotatable bonds is 5. The Morgan fingerprint density at radius 1 is 1.50 bits per heavy atom. The first-order valence-corrected chi connectivity index (χ1v) is 4.92. The normalized spacial score (nSPS) is 12.2. The topological polar surface area (TPSA) is 49.3 Å². The predicted molar refractivity (Wildman–Crippen MR) is 56.3 cm³/mol. The van der Waals surface area contributed by atoms with Gasteiger partial charge in [-0.25, -0.2) is 8.78 Å². The number of halogens is 2. The van der Waals surface area contributed by atoms with Crippen LogP contribution < -0.4 is 5.32 Å². The zero-order chi connectivity index (χ0) is 12.1. The molecule has 88 valence electrons. The smallest absolute Gasteiger partial charge is 0.303 e. The number of benzene rings is 1. The number of carbonyl (C=O) groups is 1. The van der Waals surface area contributed by atoms with Crippen LogP contribution in [-0.2, 0) is 4.79 Å². The third-order valence-corrected chi connectivity index (χ3v) is 2.12. The van der Waals surface area contributed by atoms with Gasteiger partial charge in [-0.2, -0.15) is 0 Å². The van der Waals surface area contributed by atoms with Crippen molar-refractivity contribution in [1.29, 1.82) is 0 Å². The van der Waals surface area contributed by atoms with Crippen molar-refractivity contribution in [2.45, 2.75) is 25.8 Å². The van der Waals surface area contributed by atoms with Crippen LogP contribution in [0.15, 0.2) is 18.2 Å². The first-order chi connectivity index (χ1) is 7.49. The van der Waals surface area contributed by atoms with Gasteiger partial charge in [-0.3, -0.25) is 4.79 Å². The predicted octanol–water partition coefficient (Wildman–Crippen LogP) is 2.63. The number of hydrogen-bond acceptors (Lipinski definition) is 2. The number of anilines is 1. The van der Waals surface area contributed by atoms with Crippen LogP contribution >= 0.6 is 0 Å². The summed E-state index contributed by atoms with van der Waals surface area (Å²) in [7, 11) is 0. The Hall–Kier alpha value is -1.65. The quantitative estimate of drug-likeness (QED) is 0.816. The molecule has 0 saturated heterocycles. The Bertz CT molecular complexity index is 382. The van der Waals surface area contributed by atoms with Gasteiger partial charge in [-0.15, -0.1) is 0 Å². The van der Waals surface area contributed by atoms with E-state index in [9.17, 15) is 13.6 Å². The second-order valence-electron chi connectivity index (χ2n) is 3.60. The first-order valence-electron chi connectivity index (χ1n) is 4.92. The van der Waals surface area contributed by atoms with Crippen LogP contribution in [0.2, 0.25) is 0 Å². The van der Waals surface area contributed by atoms with Gasteiger partial charge in [0, 0.05) is 12.5 Å². The Morgan fingerprint density at radius 3 is 2.81 bits per heavy atom. The summed E-state index contributed by atoms with van der Waals surface area (Å²) in [5, 5.41) is 11.2. The highest BCUT2D eigenvalue weighted by atomic mass is 19.1. The van der Waals surface area contributed by atoms with Crippen LogP contribution in [0.4, 0.5) is 14.5 Å². The number of aliphatic carboxylic acids is 1. The SMILES string of the molecule is CC(CCC(=O)O)Nc1cc(F)ccc1F. The van der Waals surface area contributed by atoms with Crippen molar-refractivity contribution < 1.29 is 18.7 Å². The minimum absolute atomic E-state index is 0.00883. The fraction of sp³-hybridized carbons (Fsp3) is 0.364. The van der Waals surface area contributed by atoms with Gasteiger partial charge >= 0.3 is 5.97 Å². The van der Waals surface area contributed by atoms with Gasteiger partial charge in [0.25, 0.3) is 0 Å². The molecule has 0 radical (unpaired) electrons. The minimum atomic E-state index is -0.909. The molecule has 1 rings (SSSR count). The molecule has 0 aliphatic carbocycles. The lowest BCUT2D eigenvalue weighted by Crippen LogP contribution is -2.17. The lowest BCUT2D eigenvalue weighted by Gasteiger charge is -2.14. The summed E-state index contributed by atoms with van der Waals surface area (Å²) in [6.07, 6.45) is 0.344.